The van der Waals surface area contributed by atoms with Gasteiger partial charge in [-0.25, -0.2) is 8.42 Å². The Kier molecular flexibility index (Phi) is 27.7. The molecular formula is C20H48N2O9S2. The molecule has 0 fully saturated rings. The highest BCUT2D eigenvalue weighted by Gasteiger charge is 2.18. The highest BCUT2D eigenvalue weighted by Crippen LogP contribution is 2.11. The third-order valence-corrected chi connectivity index (χ3v) is 5.24. The van der Waals surface area contributed by atoms with Gasteiger partial charge in [-0.15, -0.1) is 0 Å². The van der Waals surface area contributed by atoms with Crippen LogP contribution in [0.4, 0.5) is 0 Å². The monoisotopic (exact) mass is 524 g/mol. The number of likely N-dealkylation sites (N-methyl/N-ethyl adjacent to an activating group) is 1. The summed E-state index contributed by atoms with van der Waals surface area (Å²) in [5.41, 5.74) is 0. The summed E-state index contributed by atoms with van der Waals surface area (Å²) in [6.07, 6.45) is 13.8. The number of hydrogen-bond acceptors (Lipinski definition) is 9. The normalized spacial score (nSPS) is 11.4. The number of ketones is 1. The number of carbonyl (C=O) groups excluding carboxylic acids is 1. The van der Waals surface area contributed by atoms with Crippen LogP contribution in [0, 0.1) is 0 Å². The van der Waals surface area contributed by atoms with E-state index in [-0.39, 0.29) is 6.15 Å². The molecule has 0 bridgehead atoms. The molecule has 0 saturated carbocycles. The Morgan fingerprint density at radius 2 is 1.18 bits per heavy atom. The van der Waals surface area contributed by atoms with Gasteiger partial charge in [0.15, 0.2) is 5.78 Å². The van der Waals surface area contributed by atoms with Gasteiger partial charge in [0, 0.05) is 6.42 Å². The smallest absolute Gasteiger partial charge is 0.397 e. The molecule has 0 amide bonds. The van der Waals surface area contributed by atoms with Crippen LogP contribution in [0.25, 0.3) is 0 Å². The van der Waals surface area contributed by atoms with E-state index in [2.05, 4.69) is 36.3 Å². The molecule has 33 heavy (non-hydrogen) atoms. The topological polar surface area (TPSA) is 182 Å². The van der Waals surface area contributed by atoms with Crippen LogP contribution in [0.3, 0.4) is 0 Å². The fraction of sp³-hybridized carbons (Fsp3) is 0.950. The molecule has 0 aliphatic heterocycles. The van der Waals surface area contributed by atoms with Gasteiger partial charge in [0.25, 0.3) is 0 Å². The maximum Gasteiger partial charge on any atom is 0.397 e. The number of unbranched alkanes of at least 4 members (excludes halogenated alkanes) is 8. The second-order valence-corrected chi connectivity index (χ2v) is 10.4. The van der Waals surface area contributed by atoms with E-state index in [1.807, 2.05) is 0 Å². The molecule has 0 saturated heterocycles. The molecule has 0 aromatic heterocycles. The zero-order chi connectivity index (χ0) is 25.7. The molecule has 0 spiro atoms. The van der Waals surface area contributed by atoms with Crippen LogP contribution in [0.15, 0.2) is 0 Å². The first-order chi connectivity index (χ1) is 14.6. The second kappa shape index (κ2) is 23.1. The Labute approximate surface area is 202 Å². The molecule has 11 nitrogen and oxygen atoms in total. The quantitative estimate of drug-likeness (QED) is 0.131. The van der Waals surface area contributed by atoms with E-state index < -0.39 is 20.8 Å². The Balaban J connectivity index is -0.000000266. The Morgan fingerprint density at radius 1 is 0.818 bits per heavy atom. The molecule has 13 heteroatoms. The molecule has 0 aliphatic rings. The Bertz CT molecular complexity index is 620. The SMILES string of the molecule is CCCCCCCCCCCC(=O)C[N+](C)(C)CCC.COS(=O)(=O)O.COS(=O)(=O)[O-].N. The van der Waals surface area contributed by atoms with E-state index in [1.54, 1.807) is 0 Å². The molecule has 0 radical (unpaired) electrons. The van der Waals surface area contributed by atoms with Crippen molar-refractivity contribution in [1.82, 2.24) is 6.15 Å². The molecule has 0 heterocycles. The number of rotatable bonds is 16. The van der Waals surface area contributed by atoms with Crippen molar-refractivity contribution in [3.63, 3.8) is 0 Å². The summed E-state index contributed by atoms with van der Waals surface area (Å²) in [5, 5.41) is 0. The molecule has 204 valence electrons. The molecule has 0 aromatic rings. The van der Waals surface area contributed by atoms with Gasteiger partial charge >= 0.3 is 10.4 Å². The summed E-state index contributed by atoms with van der Waals surface area (Å²) in [6.45, 7) is 6.26. The van der Waals surface area contributed by atoms with Crippen molar-refractivity contribution in [3.8, 4) is 0 Å². The highest BCUT2D eigenvalue weighted by molar-refractivity contribution is 7.81. The standard InChI is InChI=1S/C18H38NO.2CH4O4S.H3N/c1-5-7-8-9-10-11-12-13-14-15-18(20)17-19(3,4)16-6-2;2*1-5-6(2,3)4;/h5-17H2,1-4H3;2*1H3,(H,2,3,4);1H3/q+1;;;/p-1. The lowest BCUT2D eigenvalue weighted by molar-refractivity contribution is -0.882. The Morgan fingerprint density at radius 3 is 1.48 bits per heavy atom. The first-order valence-corrected chi connectivity index (χ1v) is 13.7. The molecule has 0 unspecified atom stereocenters. The third kappa shape index (κ3) is 42.0. The maximum absolute atomic E-state index is 11.9. The summed E-state index contributed by atoms with van der Waals surface area (Å²) in [7, 11) is -2.57. The molecular weight excluding hydrogens is 476 g/mol. The van der Waals surface area contributed by atoms with Gasteiger partial charge in [-0.05, 0) is 12.8 Å². The van der Waals surface area contributed by atoms with E-state index >= 15 is 0 Å². The summed E-state index contributed by atoms with van der Waals surface area (Å²) in [6, 6.07) is 0. The van der Waals surface area contributed by atoms with Crippen LogP contribution in [0.2, 0.25) is 0 Å². The van der Waals surface area contributed by atoms with Crippen LogP contribution in [0.5, 0.6) is 0 Å². The lowest BCUT2D eigenvalue weighted by Crippen LogP contribution is -2.44. The predicted molar refractivity (Wildman–Crippen MR) is 129 cm³/mol. The van der Waals surface area contributed by atoms with Crippen molar-refractivity contribution in [3.05, 3.63) is 0 Å². The van der Waals surface area contributed by atoms with Gasteiger partial charge in [-0.2, -0.15) is 8.42 Å². The first kappa shape index (κ1) is 39.5. The first-order valence-electron chi connectivity index (χ1n) is 11.0. The van der Waals surface area contributed by atoms with Gasteiger partial charge < -0.3 is 15.2 Å². The molecule has 4 N–H and O–H groups in total. The third-order valence-electron chi connectivity index (χ3n) is 4.41. The van der Waals surface area contributed by atoms with Crippen molar-refractivity contribution in [1.29, 1.82) is 0 Å². The van der Waals surface area contributed by atoms with E-state index in [4.69, 9.17) is 4.55 Å². The number of nitrogens with zero attached hydrogens (tertiary/aromatic N) is 1. The number of hydrogen-bond donors (Lipinski definition) is 2. The van der Waals surface area contributed by atoms with Gasteiger partial charge in [0.2, 0.25) is 10.4 Å². The van der Waals surface area contributed by atoms with Crippen LogP contribution in [-0.4, -0.2) is 77.6 Å². The zero-order valence-electron chi connectivity index (χ0n) is 21.4. The average molecular weight is 525 g/mol. The van der Waals surface area contributed by atoms with Crippen molar-refractivity contribution in [2.45, 2.75) is 84.5 Å². The van der Waals surface area contributed by atoms with E-state index in [1.165, 1.54) is 51.4 Å². The minimum absolute atomic E-state index is 0. The van der Waals surface area contributed by atoms with Crippen LogP contribution in [-0.2, 0) is 34.0 Å². The summed E-state index contributed by atoms with van der Waals surface area (Å²) in [4.78, 5) is 11.9. The van der Waals surface area contributed by atoms with Crippen molar-refractivity contribution in [2.24, 2.45) is 0 Å². The summed E-state index contributed by atoms with van der Waals surface area (Å²) < 4.78 is 61.6. The minimum atomic E-state index is -4.41. The lowest BCUT2D eigenvalue weighted by atomic mass is 10.1. The number of carbonyl (C=O) groups is 1. The minimum Gasteiger partial charge on any atom is -0.726 e. The predicted octanol–water partition coefficient (Wildman–Crippen LogP) is 3.65. The van der Waals surface area contributed by atoms with Crippen molar-refractivity contribution >= 4 is 26.6 Å². The zero-order valence-corrected chi connectivity index (χ0v) is 23.0. The van der Waals surface area contributed by atoms with Gasteiger partial charge in [0.1, 0.15) is 6.54 Å². The molecule has 0 aliphatic carbocycles. The molecule has 0 aromatic carbocycles. The second-order valence-electron chi connectivity index (χ2n) is 8.10. The lowest BCUT2D eigenvalue weighted by Gasteiger charge is -2.28. The van der Waals surface area contributed by atoms with E-state index in [0.29, 0.717) is 12.3 Å². The average Bonchev–Trinajstić information content (AvgIpc) is 2.66. The summed E-state index contributed by atoms with van der Waals surface area (Å²) in [5.74, 6) is 0.450. The number of quaternary nitrogens is 1. The fourth-order valence-electron chi connectivity index (χ4n) is 2.87. The van der Waals surface area contributed by atoms with Crippen LogP contribution in [0.1, 0.15) is 84.5 Å². The number of Topliss-reactive ketones (excluding diaryl/α,β-unsaturated/α-hetero) is 1. The van der Waals surface area contributed by atoms with Crippen molar-refractivity contribution in [2.75, 3.05) is 41.4 Å². The Hall–Kier alpha value is -0.670. The van der Waals surface area contributed by atoms with Gasteiger partial charge in [-0.1, -0.05) is 65.2 Å². The molecule has 0 rings (SSSR count). The van der Waals surface area contributed by atoms with E-state index in [0.717, 1.165) is 44.5 Å². The van der Waals surface area contributed by atoms with E-state index in [9.17, 15) is 26.2 Å². The molecule has 0 atom stereocenters. The van der Waals surface area contributed by atoms with Crippen molar-refractivity contribution < 1.29 is 43.6 Å². The summed E-state index contributed by atoms with van der Waals surface area (Å²) >= 11 is 0. The fourth-order valence-corrected chi connectivity index (χ4v) is 2.87. The highest BCUT2D eigenvalue weighted by atomic mass is 32.3. The van der Waals surface area contributed by atoms with Gasteiger partial charge in [0.05, 0.1) is 34.9 Å². The largest absolute Gasteiger partial charge is 0.726 e. The maximum atomic E-state index is 11.9. The van der Waals surface area contributed by atoms with Crippen LogP contribution < -0.4 is 6.15 Å². The van der Waals surface area contributed by atoms with Crippen LogP contribution >= 0.6 is 0 Å². The van der Waals surface area contributed by atoms with Gasteiger partial charge in [-0.3, -0.25) is 17.7 Å².